The smallest absolute Gasteiger partial charge is 0.0443 e. The summed E-state index contributed by atoms with van der Waals surface area (Å²) in [5, 5.41) is 12.6. The maximum absolute atomic E-state index is 8.94. The fraction of sp³-hybridized carbons (Fsp3) is 0.667. The summed E-state index contributed by atoms with van der Waals surface area (Å²) < 4.78 is 0. The van der Waals surface area contributed by atoms with E-state index in [1.165, 1.54) is 37.9 Å². The maximum Gasteiger partial charge on any atom is 0.0443 e. The Bertz CT molecular complexity index is 422. The maximum atomic E-state index is 8.94. The van der Waals surface area contributed by atoms with Crippen molar-refractivity contribution in [2.45, 2.75) is 38.3 Å². The van der Waals surface area contributed by atoms with Crippen LogP contribution < -0.4 is 5.32 Å². The molecule has 0 unspecified atom stereocenters. The average molecular weight is 288 g/mol. The van der Waals surface area contributed by atoms with Gasteiger partial charge in [0.15, 0.2) is 0 Å². The molecule has 3 atom stereocenters. The fourth-order valence-electron chi connectivity index (χ4n) is 4.15. The number of fused-ring (bicyclic) bond motifs is 1. The van der Waals surface area contributed by atoms with Gasteiger partial charge in [0, 0.05) is 32.3 Å². The van der Waals surface area contributed by atoms with Gasteiger partial charge in [0.05, 0.1) is 0 Å². The second kappa shape index (κ2) is 7.39. The van der Waals surface area contributed by atoms with Gasteiger partial charge in [-0.25, -0.2) is 0 Å². The summed E-state index contributed by atoms with van der Waals surface area (Å²) in [5.74, 6) is 1.68. The third-order valence-electron chi connectivity index (χ3n) is 5.16. The molecule has 0 aromatic heterocycles. The molecule has 3 heteroatoms. The number of hydrogen-bond donors (Lipinski definition) is 2. The number of hydrogen-bond acceptors (Lipinski definition) is 3. The molecular formula is C18H28N2O. The fourth-order valence-corrected chi connectivity index (χ4v) is 4.15. The zero-order valence-electron chi connectivity index (χ0n) is 12.9. The van der Waals surface area contributed by atoms with Crippen LogP contribution in [-0.2, 0) is 6.54 Å². The van der Waals surface area contributed by atoms with Crippen LogP contribution in [0.4, 0.5) is 0 Å². The minimum atomic E-state index is 0.300. The number of rotatable bonds is 6. The zero-order valence-corrected chi connectivity index (χ0v) is 12.9. The third-order valence-corrected chi connectivity index (χ3v) is 5.16. The number of likely N-dealkylation sites (tertiary alicyclic amines) is 1. The Balaban J connectivity index is 1.55. The van der Waals surface area contributed by atoms with Crippen LogP contribution in [0.3, 0.4) is 0 Å². The first-order chi connectivity index (χ1) is 10.4. The minimum absolute atomic E-state index is 0.300. The van der Waals surface area contributed by atoms with E-state index < -0.39 is 0 Å². The van der Waals surface area contributed by atoms with E-state index >= 15 is 0 Å². The van der Waals surface area contributed by atoms with Gasteiger partial charge in [0.1, 0.15) is 0 Å². The first kappa shape index (κ1) is 15.0. The summed E-state index contributed by atoms with van der Waals surface area (Å²) in [6.07, 6.45) is 4.94. The molecule has 3 rings (SSSR count). The Hall–Kier alpha value is -0.900. The third kappa shape index (κ3) is 3.85. The minimum Gasteiger partial charge on any atom is -0.396 e. The average Bonchev–Trinajstić information content (AvgIpc) is 2.92. The first-order valence-electron chi connectivity index (χ1n) is 8.47. The van der Waals surface area contributed by atoms with E-state index in [-0.39, 0.29) is 0 Å². The molecule has 1 aliphatic carbocycles. The number of nitrogens with one attached hydrogen (secondary N) is 1. The predicted octanol–water partition coefficient (Wildman–Crippen LogP) is 2.26. The summed E-state index contributed by atoms with van der Waals surface area (Å²) in [6, 6.07) is 11.5. The van der Waals surface area contributed by atoms with E-state index in [1.54, 1.807) is 0 Å². The van der Waals surface area contributed by atoms with Crippen LogP contribution >= 0.6 is 0 Å². The molecule has 1 aromatic rings. The molecule has 1 aliphatic heterocycles. The molecule has 1 heterocycles. The summed E-state index contributed by atoms with van der Waals surface area (Å²) in [7, 11) is 0. The Morgan fingerprint density at radius 3 is 2.81 bits per heavy atom. The lowest BCUT2D eigenvalue weighted by molar-refractivity contribution is 0.214. The standard InChI is InChI=1S/C18H28N2O/c21-11-5-10-19-18-9-4-8-16-13-20(14-17(16)18)12-15-6-2-1-3-7-15/h1-3,6-7,16-19,21H,4-5,8-14H2/t16-,17-,18-/m1/s1. The molecule has 116 valence electrons. The largest absolute Gasteiger partial charge is 0.396 e. The molecule has 21 heavy (non-hydrogen) atoms. The molecule has 3 nitrogen and oxygen atoms in total. The quantitative estimate of drug-likeness (QED) is 0.788. The van der Waals surface area contributed by atoms with Gasteiger partial charge in [0.25, 0.3) is 0 Å². The number of aliphatic hydroxyl groups is 1. The molecule has 2 aliphatic rings. The number of nitrogens with zero attached hydrogens (tertiary/aromatic N) is 1. The highest BCUT2D eigenvalue weighted by molar-refractivity contribution is 5.15. The monoisotopic (exact) mass is 288 g/mol. The Kier molecular flexibility index (Phi) is 5.28. The normalized spacial score (nSPS) is 29.5. The molecular weight excluding hydrogens is 260 g/mol. The summed E-state index contributed by atoms with van der Waals surface area (Å²) in [4.78, 5) is 2.64. The zero-order chi connectivity index (χ0) is 14.5. The highest BCUT2D eigenvalue weighted by Crippen LogP contribution is 2.36. The van der Waals surface area contributed by atoms with Crippen molar-refractivity contribution in [3.63, 3.8) is 0 Å². The van der Waals surface area contributed by atoms with Crippen molar-refractivity contribution < 1.29 is 5.11 Å². The van der Waals surface area contributed by atoms with E-state index in [1.807, 2.05) is 0 Å². The Morgan fingerprint density at radius 2 is 2.00 bits per heavy atom. The van der Waals surface area contributed by atoms with E-state index in [0.29, 0.717) is 12.6 Å². The van der Waals surface area contributed by atoms with Gasteiger partial charge in [0.2, 0.25) is 0 Å². The Labute approximate surface area is 128 Å². The summed E-state index contributed by atoms with van der Waals surface area (Å²) >= 11 is 0. The SMILES string of the molecule is OCCCN[C@@H]1CCC[C@@H]2CN(Cc3ccccc3)C[C@H]21. The molecule has 0 bridgehead atoms. The van der Waals surface area contributed by atoms with Crippen LogP contribution in [0, 0.1) is 11.8 Å². The van der Waals surface area contributed by atoms with E-state index in [9.17, 15) is 0 Å². The molecule has 2 fully saturated rings. The summed E-state index contributed by atoms with van der Waals surface area (Å²) in [5.41, 5.74) is 1.43. The van der Waals surface area contributed by atoms with Crippen LogP contribution in [0.15, 0.2) is 30.3 Å². The molecule has 0 spiro atoms. The molecule has 0 radical (unpaired) electrons. The first-order valence-corrected chi connectivity index (χ1v) is 8.47. The summed E-state index contributed by atoms with van der Waals surface area (Å²) in [6.45, 7) is 4.85. The van der Waals surface area contributed by atoms with Crippen LogP contribution in [0.2, 0.25) is 0 Å². The van der Waals surface area contributed by atoms with Gasteiger partial charge in [-0.1, -0.05) is 36.8 Å². The van der Waals surface area contributed by atoms with Crippen molar-refractivity contribution in [2.24, 2.45) is 11.8 Å². The van der Waals surface area contributed by atoms with Crippen molar-refractivity contribution >= 4 is 0 Å². The van der Waals surface area contributed by atoms with Crippen molar-refractivity contribution in [3.8, 4) is 0 Å². The van der Waals surface area contributed by atoms with Gasteiger partial charge < -0.3 is 10.4 Å². The molecule has 1 saturated carbocycles. The van der Waals surface area contributed by atoms with Crippen molar-refractivity contribution in [2.75, 3.05) is 26.2 Å². The van der Waals surface area contributed by atoms with Gasteiger partial charge >= 0.3 is 0 Å². The molecule has 2 N–H and O–H groups in total. The lowest BCUT2D eigenvalue weighted by Gasteiger charge is -2.33. The number of aliphatic hydroxyl groups excluding tert-OH is 1. The molecule has 1 saturated heterocycles. The van der Waals surface area contributed by atoms with Gasteiger partial charge in [-0.15, -0.1) is 0 Å². The van der Waals surface area contributed by atoms with Gasteiger partial charge in [-0.2, -0.15) is 0 Å². The van der Waals surface area contributed by atoms with Crippen LogP contribution in [-0.4, -0.2) is 42.3 Å². The van der Waals surface area contributed by atoms with Crippen molar-refractivity contribution in [1.82, 2.24) is 10.2 Å². The second-order valence-electron chi connectivity index (χ2n) is 6.67. The van der Waals surface area contributed by atoms with Gasteiger partial charge in [-0.3, -0.25) is 4.90 Å². The molecule has 1 aromatic carbocycles. The van der Waals surface area contributed by atoms with Gasteiger partial charge in [-0.05, 0) is 43.2 Å². The van der Waals surface area contributed by atoms with Crippen molar-refractivity contribution in [3.05, 3.63) is 35.9 Å². The predicted molar refractivity (Wildman–Crippen MR) is 86.0 cm³/mol. The number of benzene rings is 1. The highest BCUT2D eigenvalue weighted by atomic mass is 16.3. The van der Waals surface area contributed by atoms with Crippen LogP contribution in [0.5, 0.6) is 0 Å². The second-order valence-corrected chi connectivity index (χ2v) is 6.67. The van der Waals surface area contributed by atoms with E-state index in [2.05, 4.69) is 40.5 Å². The Morgan fingerprint density at radius 1 is 1.14 bits per heavy atom. The van der Waals surface area contributed by atoms with Crippen LogP contribution in [0.1, 0.15) is 31.2 Å². The highest BCUT2D eigenvalue weighted by Gasteiger charge is 2.39. The van der Waals surface area contributed by atoms with Crippen LogP contribution in [0.25, 0.3) is 0 Å². The van der Waals surface area contributed by atoms with E-state index in [4.69, 9.17) is 5.11 Å². The molecule has 0 amide bonds. The topological polar surface area (TPSA) is 35.5 Å². The lowest BCUT2D eigenvalue weighted by atomic mass is 9.78. The van der Waals surface area contributed by atoms with Crippen molar-refractivity contribution in [1.29, 1.82) is 0 Å². The van der Waals surface area contributed by atoms with E-state index in [0.717, 1.165) is 31.3 Å². The lowest BCUT2D eigenvalue weighted by Crippen LogP contribution is -2.43.